The number of nitrogens with two attached hydrogens (primary N) is 1. The molecule has 0 amide bonds. The van der Waals surface area contributed by atoms with E-state index in [2.05, 4.69) is 16.8 Å². The van der Waals surface area contributed by atoms with Gasteiger partial charge in [-0.15, -0.1) is 0 Å². The van der Waals surface area contributed by atoms with Crippen molar-refractivity contribution < 1.29 is 0 Å². The van der Waals surface area contributed by atoms with Crippen molar-refractivity contribution in [2.75, 3.05) is 6.54 Å². The van der Waals surface area contributed by atoms with Crippen LogP contribution in [0.5, 0.6) is 0 Å². The lowest BCUT2D eigenvalue weighted by Gasteiger charge is -2.06. The van der Waals surface area contributed by atoms with E-state index in [9.17, 15) is 0 Å². The first kappa shape index (κ1) is 9.19. The van der Waals surface area contributed by atoms with Crippen molar-refractivity contribution in [2.45, 2.75) is 26.3 Å². The molecule has 0 aromatic carbocycles. The standard InChI is InChI=1S/C8H14N2/c1-4-10-7-5-6-8(2,3)9/h4H,7,9H2,1-3H3. The van der Waals surface area contributed by atoms with Crippen LogP contribution in [-0.4, -0.2) is 18.3 Å². The quantitative estimate of drug-likeness (QED) is 0.423. The summed E-state index contributed by atoms with van der Waals surface area (Å²) in [4.78, 5) is 3.92. The Balaban J connectivity index is 3.70. The lowest BCUT2D eigenvalue weighted by molar-refractivity contribution is 0.680. The van der Waals surface area contributed by atoms with Crippen LogP contribution in [0.25, 0.3) is 0 Å². The topological polar surface area (TPSA) is 38.4 Å². The van der Waals surface area contributed by atoms with Crippen molar-refractivity contribution in [2.24, 2.45) is 10.7 Å². The van der Waals surface area contributed by atoms with Gasteiger partial charge in [-0.05, 0) is 27.0 Å². The van der Waals surface area contributed by atoms with Crippen LogP contribution in [0.2, 0.25) is 0 Å². The third kappa shape index (κ3) is 7.19. The molecule has 56 valence electrons. The van der Waals surface area contributed by atoms with Crippen LogP contribution >= 0.6 is 0 Å². The minimum Gasteiger partial charge on any atom is -0.316 e. The van der Waals surface area contributed by atoms with Gasteiger partial charge in [-0.2, -0.15) is 0 Å². The van der Waals surface area contributed by atoms with Crippen LogP contribution in [-0.2, 0) is 0 Å². The third-order valence-electron chi connectivity index (χ3n) is 0.763. The second-order valence-corrected chi connectivity index (χ2v) is 2.62. The summed E-state index contributed by atoms with van der Waals surface area (Å²) in [5.41, 5.74) is 5.21. The van der Waals surface area contributed by atoms with E-state index in [1.54, 1.807) is 6.21 Å². The second-order valence-electron chi connectivity index (χ2n) is 2.62. The molecule has 0 spiro atoms. The maximum absolute atomic E-state index is 5.59. The largest absolute Gasteiger partial charge is 0.316 e. The highest BCUT2D eigenvalue weighted by Crippen LogP contribution is 1.90. The van der Waals surface area contributed by atoms with Crippen LogP contribution in [0.4, 0.5) is 0 Å². The molecular weight excluding hydrogens is 124 g/mol. The number of rotatable bonds is 1. The van der Waals surface area contributed by atoms with Gasteiger partial charge in [0.05, 0.1) is 12.1 Å². The molecule has 10 heavy (non-hydrogen) atoms. The Hall–Kier alpha value is -0.810. The Kier molecular flexibility index (Phi) is 3.75. The number of nitrogens with zero attached hydrogens (tertiary/aromatic N) is 1. The molecular formula is C8H14N2. The molecule has 0 heterocycles. The van der Waals surface area contributed by atoms with Gasteiger partial charge in [0.25, 0.3) is 0 Å². The molecule has 0 radical (unpaired) electrons. The first-order valence-corrected chi connectivity index (χ1v) is 3.29. The SMILES string of the molecule is CC=NCC#CC(C)(C)N. The summed E-state index contributed by atoms with van der Waals surface area (Å²) in [7, 11) is 0. The Morgan fingerprint density at radius 2 is 2.20 bits per heavy atom. The summed E-state index contributed by atoms with van der Waals surface area (Å²) in [6.45, 7) is 6.16. The average Bonchev–Trinajstić information content (AvgIpc) is 1.78. The van der Waals surface area contributed by atoms with E-state index < -0.39 is 0 Å². The fourth-order valence-electron chi connectivity index (χ4n) is 0.404. The Morgan fingerprint density at radius 1 is 1.60 bits per heavy atom. The molecule has 2 heteroatoms. The van der Waals surface area contributed by atoms with Gasteiger partial charge < -0.3 is 5.73 Å². The highest BCUT2D eigenvalue weighted by molar-refractivity contribution is 5.53. The molecule has 0 aliphatic rings. The summed E-state index contributed by atoms with van der Waals surface area (Å²) in [6, 6.07) is 0. The van der Waals surface area contributed by atoms with E-state index in [1.165, 1.54) is 0 Å². The summed E-state index contributed by atoms with van der Waals surface area (Å²) >= 11 is 0. The lowest BCUT2D eigenvalue weighted by atomic mass is 10.1. The van der Waals surface area contributed by atoms with E-state index in [1.807, 2.05) is 20.8 Å². The summed E-state index contributed by atoms with van der Waals surface area (Å²) in [6.07, 6.45) is 1.73. The molecule has 0 fully saturated rings. The van der Waals surface area contributed by atoms with Crippen LogP contribution in [0.1, 0.15) is 20.8 Å². The van der Waals surface area contributed by atoms with Gasteiger partial charge in [0.15, 0.2) is 0 Å². The smallest absolute Gasteiger partial charge is 0.0994 e. The molecule has 0 unspecified atom stereocenters. The summed E-state index contributed by atoms with van der Waals surface area (Å²) in [5.74, 6) is 5.72. The molecule has 0 bridgehead atoms. The van der Waals surface area contributed by atoms with Crippen molar-refractivity contribution >= 4 is 6.21 Å². The van der Waals surface area contributed by atoms with Gasteiger partial charge in [0.2, 0.25) is 0 Å². The van der Waals surface area contributed by atoms with Crippen molar-refractivity contribution in [3.05, 3.63) is 0 Å². The molecule has 2 N–H and O–H groups in total. The van der Waals surface area contributed by atoms with Crippen LogP contribution < -0.4 is 5.73 Å². The van der Waals surface area contributed by atoms with Crippen LogP contribution in [0.15, 0.2) is 4.99 Å². The Labute approximate surface area is 62.5 Å². The van der Waals surface area contributed by atoms with Gasteiger partial charge in [0.1, 0.15) is 0 Å². The van der Waals surface area contributed by atoms with E-state index in [4.69, 9.17) is 5.73 Å². The Bertz CT molecular complexity index is 164. The maximum atomic E-state index is 5.59. The number of aliphatic imine (C=N–C) groups is 1. The van der Waals surface area contributed by atoms with Crippen molar-refractivity contribution in [3.63, 3.8) is 0 Å². The third-order valence-corrected chi connectivity index (χ3v) is 0.763. The normalized spacial score (nSPS) is 11.2. The molecule has 0 aliphatic carbocycles. The second kappa shape index (κ2) is 4.08. The maximum Gasteiger partial charge on any atom is 0.0994 e. The predicted octanol–water partition coefficient (Wildman–Crippen LogP) is 0.818. The first-order chi connectivity index (χ1) is 4.56. The highest BCUT2D eigenvalue weighted by atomic mass is 14.7. The van der Waals surface area contributed by atoms with Crippen LogP contribution in [0.3, 0.4) is 0 Å². The number of hydrogen-bond acceptors (Lipinski definition) is 2. The zero-order valence-corrected chi connectivity index (χ0v) is 6.81. The molecule has 0 aromatic heterocycles. The van der Waals surface area contributed by atoms with E-state index in [-0.39, 0.29) is 5.54 Å². The molecule has 2 nitrogen and oxygen atoms in total. The molecule has 0 aliphatic heterocycles. The van der Waals surface area contributed by atoms with Gasteiger partial charge in [-0.25, -0.2) is 0 Å². The zero-order chi connectivity index (χ0) is 8.04. The highest BCUT2D eigenvalue weighted by Gasteiger charge is 2.02. The molecule has 0 saturated heterocycles. The van der Waals surface area contributed by atoms with Gasteiger partial charge in [0, 0.05) is 0 Å². The zero-order valence-electron chi connectivity index (χ0n) is 6.81. The first-order valence-electron chi connectivity index (χ1n) is 3.29. The monoisotopic (exact) mass is 138 g/mol. The van der Waals surface area contributed by atoms with E-state index >= 15 is 0 Å². The minimum atomic E-state index is -0.386. The summed E-state index contributed by atoms with van der Waals surface area (Å²) < 4.78 is 0. The average molecular weight is 138 g/mol. The fraction of sp³-hybridized carbons (Fsp3) is 0.625. The molecule has 0 rings (SSSR count). The van der Waals surface area contributed by atoms with Gasteiger partial charge in [-0.3, -0.25) is 4.99 Å². The van der Waals surface area contributed by atoms with Crippen molar-refractivity contribution in [1.82, 2.24) is 0 Å². The van der Waals surface area contributed by atoms with Crippen LogP contribution in [0, 0.1) is 11.8 Å². The van der Waals surface area contributed by atoms with Gasteiger partial charge in [-0.1, -0.05) is 11.8 Å². The van der Waals surface area contributed by atoms with E-state index in [0.717, 1.165) is 0 Å². The Morgan fingerprint density at radius 3 is 2.60 bits per heavy atom. The predicted molar refractivity (Wildman–Crippen MR) is 45.1 cm³/mol. The molecule has 0 saturated carbocycles. The number of hydrogen-bond donors (Lipinski definition) is 1. The molecule has 0 aromatic rings. The summed E-state index contributed by atoms with van der Waals surface area (Å²) in [5, 5.41) is 0. The minimum absolute atomic E-state index is 0.386. The van der Waals surface area contributed by atoms with Crippen molar-refractivity contribution in [3.8, 4) is 11.8 Å². The molecule has 0 atom stereocenters. The fourth-order valence-corrected chi connectivity index (χ4v) is 0.404. The van der Waals surface area contributed by atoms with Gasteiger partial charge >= 0.3 is 0 Å². The van der Waals surface area contributed by atoms with E-state index in [0.29, 0.717) is 6.54 Å². The van der Waals surface area contributed by atoms with Crippen molar-refractivity contribution in [1.29, 1.82) is 0 Å². The lowest BCUT2D eigenvalue weighted by Crippen LogP contribution is -2.29.